The summed E-state index contributed by atoms with van der Waals surface area (Å²) < 4.78 is 0. The number of amides is 1. The molecule has 0 aromatic carbocycles. The van der Waals surface area contributed by atoms with E-state index in [2.05, 4.69) is 36.1 Å². The maximum atomic E-state index is 12.0. The SMILES string of the molecule is CC(C)c1ccc(C(=O)NC[C@@H]2CCCN2C)cn1. The summed E-state index contributed by atoms with van der Waals surface area (Å²) in [5.41, 5.74) is 1.66. The van der Waals surface area contributed by atoms with Crippen LogP contribution in [-0.2, 0) is 0 Å². The number of carbonyl (C=O) groups excluding carboxylic acids is 1. The van der Waals surface area contributed by atoms with Crippen molar-refractivity contribution in [1.29, 1.82) is 0 Å². The van der Waals surface area contributed by atoms with Gasteiger partial charge in [0, 0.05) is 24.5 Å². The fourth-order valence-electron chi connectivity index (χ4n) is 2.43. The Morgan fingerprint density at radius 3 is 2.84 bits per heavy atom. The third kappa shape index (κ3) is 3.53. The van der Waals surface area contributed by atoms with Crippen LogP contribution < -0.4 is 5.32 Å². The van der Waals surface area contributed by atoms with Gasteiger partial charge in [-0.25, -0.2) is 0 Å². The molecular formula is C15H23N3O. The van der Waals surface area contributed by atoms with Crippen LogP contribution in [0.5, 0.6) is 0 Å². The van der Waals surface area contributed by atoms with Gasteiger partial charge in [0.15, 0.2) is 0 Å². The number of hydrogen-bond acceptors (Lipinski definition) is 3. The molecule has 1 saturated heterocycles. The lowest BCUT2D eigenvalue weighted by molar-refractivity contribution is 0.0943. The molecule has 1 aliphatic rings. The smallest absolute Gasteiger partial charge is 0.252 e. The molecule has 1 aromatic heterocycles. The fourth-order valence-corrected chi connectivity index (χ4v) is 2.43. The second-order valence-electron chi connectivity index (χ2n) is 5.61. The van der Waals surface area contributed by atoms with Crippen LogP contribution in [0, 0.1) is 0 Å². The summed E-state index contributed by atoms with van der Waals surface area (Å²) in [7, 11) is 2.11. The summed E-state index contributed by atoms with van der Waals surface area (Å²) >= 11 is 0. The molecule has 2 rings (SSSR count). The van der Waals surface area contributed by atoms with Gasteiger partial charge in [0.25, 0.3) is 5.91 Å². The fraction of sp³-hybridized carbons (Fsp3) is 0.600. The standard InChI is InChI=1S/C15H23N3O/c1-11(2)14-7-6-12(9-16-14)15(19)17-10-13-5-4-8-18(13)3/h6-7,9,11,13H,4-5,8,10H2,1-3H3,(H,17,19)/t13-/m0/s1. The third-order valence-electron chi connectivity index (χ3n) is 3.81. The molecule has 1 aliphatic heterocycles. The molecule has 0 aliphatic carbocycles. The Morgan fingerprint density at radius 2 is 2.32 bits per heavy atom. The van der Waals surface area contributed by atoms with E-state index in [9.17, 15) is 4.79 Å². The summed E-state index contributed by atoms with van der Waals surface area (Å²) in [5.74, 6) is 0.368. The second-order valence-corrected chi connectivity index (χ2v) is 5.61. The zero-order valence-electron chi connectivity index (χ0n) is 12.0. The van der Waals surface area contributed by atoms with Crippen LogP contribution in [-0.4, -0.2) is 42.0 Å². The molecule has 1 amide bonds. The number of aromatic nitrogens is 1. The van der Waals surface area contributed by atoms with E-state index in [0.717, 1.165) is 18.8 Å². The van der Waals surface area contributed by atoms with E-state index < -0.39 is 0 Å². The minimum atomic E-state index is -0.0249. The average molecular weight is 261 g/mol. The lowest BCUT2D eigenvalue weighted by Crippen LogP contribution is -2.38. The van der Waals surface area contributed by atoms with Crippen molar-refractivity contribution in [1.82, 2.24) is 15.2 Å². The molecule has 19 heavy (non-hydrogen) atoms. The highest BCUT2D eigenvalue weighted by Crippen LogP contribution is 2.14. The van der Waals surface area contributed by atoms with E-state index in [4.69, 9.17) is 0 Å². The highest BCUT2D eigenvalue weighted by atomic mass is 16.1. The van der Waals surface area contributed by atoms with Crippen molar-refractivity contribution in [2.75, 3.05) is 20.1 Å². The molecule has 0 bridgehead atoms. The first-order valence-corrected chi connectivity index (χ1v) is 7.02. The Labute approximate surface area is 115 Å². The molecule has 1 aromatic rings. The number of pyridine rings is 1. The van der Waals surface area contributed by atoms with Crippen LogP contribution in [0.15, 0.2) is 18.3 Å². The number of likely N-dealkylation sites (N-methyl/N-ethyl adjacent to an activating group) is 1. The Bertz CT molecular complexity index is 428. The number of likely N-dealkylation sites (tertiary alicyclic amines) is 1. The normalized spacial score (nSPS) is 19.9. The minimum Gasteiger partial charge on any atom is -0.350 e. The Balaban J connectivity index is 1.89. The summed E-state index contributed by atoms with van der Waals surface area (Å²) in [6.07, 6.45) is 4.06. The van der Waals surface area contributed by atoms with E-state index in [1.807, 2.05) is 12.1 Å². The minimum absolute atomic E-state index is 0.0249. The first-order valence-electron chi connectivity index (χ1n) is 7.02. The average Bonchev–Trinajstić information content (AvgIpc) is 2.81. The largest absolute Gasteiger partial charge is 0.350 e. The Kier molecular flexibility index (Phi) is 4.53. The summed E-state index contributed by atoms with van der Waals surface area (Å²) in [6.45, 7) is 6.04. The number of carbonyl (C=O) groups is 1. The number of hydrogen-bond donors (Lipinski definition) is 1. The molecular weight excluding hydrogens is 238 g/mol. The number of nitrogens with zero attached hydrogens (tertiary/aromatic N) is 2. The highest BCUT2D eigenvalue weighted by Gasteiger charge is 2.21. The number of rotatable bonds is 4. The van der Waals surface area contributed by atoms with Crippen LogP contribution in [0.25, 0.3) is 0 Å². The molecule has 104 valence electrons. The maximum Gasteiger partial charge on any atom is 0.252 e. The van der Waals surface area contributed by atoms with Crippen molar-refractivity contribution in [3.05, 3.63) is 29.6 Å². The lowest BCUT2D eigenvalue weighted by atomic mass is 10.1. The first kappa shape index (κ1) is 14.0. The number of nitrogens with one attached hydrogen (secondary N) is 1. The zero-order valence-corrected chi connectivity index (χ0v) is 12.0. The lowest BCUT2D eigenvalue weighted by Gasteiger charge is -2.19. The van der Waals surface area contributed by atoms with Gasteiger partial charge in [0.2, 0.25) is 0 Å². The molecule has 2 heterocycles. The Morgan fingerprint density at radius 1 is 1.53 bits per heavy atom. The topological polar surface area (TPSA) is 45.2 Å². The van der Waals surface area contributed by atoms with Gasteiger partial charge in [-0.1, -0.05) is 13.8 Å². The molecule has 4 nitrogen and oxygen atoms in total. The Hall–Kier alpha value is -1.42. The van der Waals surface area contributed by atoms with Crippen molar-refractivity contribution >= 4 is 5.91 Å². The van der Waals surface area contributed by atoms with E-state index >= 15 is 0 Å². The molecule has 1 atom stereocenters. The van der Waals surface area contributed by atoms with Crippen LogP contribution >= 0.6 is 0 Å². The van der Waals surface area contributed by atoms with Crippen LogP contribution in [0.4, 0.5) is 0 Å². The van der Waals surface area contributed by atoms with Gasteiger partial charge in [0.1, 0.15) is 0 Å². The molecule has 4 heteroatoms. The van der Waals surface area contributed by atoms with E-state index in [-0.39, 0.29) is 5.91 Å². The van der Waals surface area contributed by atoms with Crippen molar-refractivity contribution in [3.63, 3.8) is 0 Å². The predicted molar refractivity (Wildman–Crippen MR) is 76.3 cm³/mol. The van der Waals surface area contributed by atoms with Crippen LogP contribution in [0.3, 0.4) is 0 Å². The van der Waals surface area contributed by atoms with E-state index in [1.165, 1.54) is 12.8 Å². The van der Waals surface area contributed by atoms with Gasteiger partial charge in [0.05, 0.1) is 5.56 Å². The van der Waals surface area contributed by atoms with Crippen molar-refractivity contribution < 1.29 is 4.79 Å². The monoisotopic (exact) mass is 261 g/mol. The highest BCUT2D eigenvalue weighted by molar-refractivity contribution is 5.93. The van der Waals surface area contributed by atoms with E-state index in [0.29, 0.717) is 17.5 Å². The van der Waals surface area contributed by atoms with Crippen molar-refractivity contribution in [2.45, 2.75) is 38.6 Å². The summed E-state index contributed by atoms with van der Waals surface area (Å²) in [5, 5.41) is 3.00. The quantitative estimate of drug-likeness (QED) is 0.902. The second kappa shape index (κ2) is 6.15. The van der Waals surface area contributed by atoms with Crippen molar-refractivity contribution in [2.24, 2.45) is 0 Å². The molecule has 0 spiro atoms. The van der Waals surface area contributed by atoms with Gasteiger partial charge >= 0.3 is 0 Å². The third-order valence-corrected chi connectivity index (χ3v) is 3.81. The van der Waals surface area contributed by atoms with Crippen LogP contribution in [0.2, 0.25) is 0 Å². The predicted octanol–water partition coefficient (Wildman–Crippen LogP) is 2.03. The molecule has 1 fully saturated rings. The van der Waals surface area contributed by atoms with Gasteiger partial charge in [-0.15, -0.1) is 0 Å². The summed E-state index contributed by atoms with van der Waals surface area (Å²) in [6, 6.07) is 4.27. The molecule has 0 saturated carbocycles. The van der Waals surface area contributed by atoms with Gasteiger partial charge in [-0.3, -0.25) is 9.78 Å². The van der Waals surface area contributed by atoms with Gasteiger partial charge in [-0.05, 0) is 44.5 Å². The van der Waals surface area contributed by atoms with Gasteiger partial charge in [-0.2, -0.15) is 0 Å². The first-order chi connectivity index (χ1) is 9.08. The van der Waals surface area contributed by atoms with Crippen LogP contribution in [0.1, 0.15) is 48.7 Å². The summed E-state index contributed by atoms with van der Waals surface area (Å²) in [4.78, 5) is 18.6. The maximum absolute atomic E-state index is 12.0. The van der Waals surface area contributed by atoms with E-state index in [1.54, 1.807) is 6.20 Å². The van der Waals surface area contributed by atoms with Crippen molar-refractivity contribution in [3.8, 4) is 0 Å². The molecule has 0 unspecified atom stereocenters. The molecule has 0 radical (unpaired) electrons. The zero-order chi connectivity index (χ0) is 13.8. The van der Waals surface area contributed by atoms with Gasteiger partial charge < -0.3 is 10.2 Å². The molecule has 1 N–H and O–H groups in total.